The maximum absolute atomic E-state index is 12.8. The van der Waals surface area contributed by atoms with Crippen LogP contribution in [-0.4, -0.2) is 49.4 Å². The van der Waals surface area contributed by atoms with Crippen LogP contribution in [-0.2, 0) is 28.6 Å². The second-order valence-electron chi connectivity index (χ2n) is 18.6. The summed E-state index contributed by atoms with van der Waals surface area (Å²) >= 11 is 0. The molecule has 380 valence electrons. The van der Waals surface area contributed by atoms with Crippen molar-refractivity contribution in [3.8, 4) is 0 Å². The normalized spacial score (nSPS) is 12.4. The van der Waals surface area contributed by atoms with Crippen molar-refractivity contribution in [2.45, 2.75) is 252 Å². The minimum absolute atomic E-state index is 0.184. The third-order valence-corrected chi connectivity index (χ3v) is 11.9. The molecule has 0 radical (unpaired) electrons. The molecule has 0 atom stereocenters. The van der Waals surface area contributed by atoms with Gasteiger partial charge in [-0.25, -0.2) is 0 Å². The van der Waals surface area contributed by atoms with Gasteiger partial charge in [-0.2, -0.15) is 0 Å². The zero-order valence-electron chi connectivity index (χ0n) is 43.1. The molecule has 0 aliphatic carbocycles. The number of unbranched alkanes of at least 4 members (excludes halogenated alkanes) is 24. The van der Waals surface area contributed by atoms with E-state index >= 15 is 0 Å². The van der Waals surface area contributed by atoms with Crippen LogP contribution in [0.25, 0.3) is 0 Å². The van der Waals surface area contributed by atoms with Crippen LogP contribution < -0.4 is 0 Å². The first-order valence-electron chi connectivity index (χ1n) is 27.4. The van der Waals surface area contributed by atoms with Gasteiger partial charge in [0, 0.05) is 19.3 Å². The molecule has 0 unspecified atom stereocenters. The average Bonchev–Trinajstić information content (AvgIpc) is 3.32. The van der Waals surface area contributed by atoms with Crippen LogP contribution in [0.4, 0.5) is 0 Å². The zero-order chi connectivity index (χ0) is 48.1. The Hall–Kier alpha value is -3.19. The van der Waals surface area contributed by atoms with E-state index in [4.69, 9.17) is 14.2 Å². The van der Waals surface area contributed by atoms with Gasteiger partial charge in [-0.1, -0.05) is 190 Å². The molecule has 7 nitrogen and oxygen atoms in total. The highest BCUT2D eigenvalue weighted by Gasteiger charge is 2.35. The van der Waals surface area contributed by atoms with Crippen molar-refractivity contribution in [2.24, 2.45) is 5.41 Å². The number of hydrogen-bond acceptors (Lipinski definition) is 7. The van der Waals surface area contributed by atoms with Gasteiger partial charge in [0.25, 0.3) is 0 Å². The number of rotatable bonds is 49. The summed E-state index contributed by atoms with van der Waals surface area (Å²) in [5, 5.41) is 10.6. The Bertz CT molecular complexity index is 1120. The van der Waals surface area contributed by atoms with Crippen molar-refractivity contribution >= 4 is 17.9 Å². The van der Waals surface area contributed by atoms with E-state index in [2.05, 4.69) is 93.7 Å². The lowest BCUT2D eigenvalue weighted by atomic mass is 9.92. The van der Waals surface area contributed by atoms with Crippen LogP contribution >= 0.6 is 0 Å². The average molecular weight is 923 g/mol. The van der Waals surface area contributed by atoms with Gasteiger partial charge in [-0.3, -0.25) is 14.4 Å². The largest absolute Gasteiger partial charge is 0.465 e. The molecule has 0 saturated heterocycles. The zero-order valence-corrected chi connectivity index (χ0v) is 43.1. The van der Waals surface area contributed by atoms with Crippen LogP contribution in [0.3, 0.4) is 0 Å². The maximum atomic E-state index is 12.8. The number of aliphatic hydroxyl groups is 1. The molecule has 0 amide bonds. The van der Waals surface area contributed by atoms with E-state index in [1.54, 1.807) is 0 Å². The highest BCUT2D eigenvalue weighted by molar-refractivity contribution is 5.70. The fraction of sp³-hybridized carbons (Fsp3) is 0.746. The molecule has 0 aromatic rings. The maximum Gasteiger partial charge on any atom is 0.305 e. The van der Waals surface area contributed by atoms with Gasteiger partial charge >= 0.3 is 17.9 Å². The predicted octanol–water partition coefficient (Wildman–Crippen LogP) is 17.0. The second kappa shape index (κ2) is 51.2. The lowest BCUT2D eigenvalue weighted by molar-refractivity contribution is -0.165. The first-order chi connectivity index (χ1) is 32.4. The number of aliphatic hydroxyl groups excluding tert-OH is 1. The number of esters is 3. The van der Waals surface area contributed by atoms with Crippen molar-refractivity contribution in [1.82, 2.24) is 0 Å². The van der Waals surface area contributed by atoms with Crippen LogP contribution in [0.5, 0.6) is 0 Å². The van der Waals surface area contributed by atoms with E-state index in [9.17, 15) is 19.5 Å². The Morgan fingerprint density at radius 3 is 0.803 bits per heavy atom. The molecule has 0 aliphatic heterocycles. The summed E-state index contributed by atoms with van der Waals surface area (Å²) in [6.07, 6.45) is 64.4. The van der Waals surface area contributed by atoms with Gasteiger partial charge in [0.15, 0.2) is 0 Å². The molecule has 0 rings (SSSR count). The van der Waals surface area contributed by atoms with Crippen LogP contribution in [0.1, 0.15) is 252 Å². The van der Waals surface area contributed by atoms with E-state index in [1.165, 1.54) is 77.0 Å². The fourth-order valence-electron chi connectivity index (χ4n) is 7.42. The van der Waals surface area contributed by atoms with Gasteiger partial charge in [-0.15, -0.1) is 0 Å². The molecule has 66 heavy (non-hydrogen) atoms. The molecule has 0 fully saturated rings. The van der Waals surface area contributed by atoms with Crippen LogP contribution in [0.2, 0.25) is 0 Å². The number of allylic oxidation sites excluding steroid dienone is 12. The standard InChI is InChI=1S/C59H102O7/c1-4-7-10-13-16-19-22-25-28-31-34-37-40-43-46-49-56(61)64-53-59(52-60,54-65-57(62)50-47-44-41-38-35-32-29-26-23-20-17-14-11-8-5-2)55-66-58(63)51-48-45-42-39-36-33-30-27-24-21-18-15-12-9-6-3/h16-21,25-30,60H,4-15,22-24,31-55H2,1-3H3/b19-16-,20-17-,21-18+,28-25-,29-26-,30-27-. The lowest BCUT2D eigenvalue weighted by Gasteiger charge is -2.30. The molecule has 0 bridgehead atoms. The van der Waals surface area contributed by atoms with E-state index in [1.807, 2.05) is 0 Å². The highest BCUT2D eigenvalue weighted by atomic mass is 16.6. The van der Waals surface area contributed by atoms with Crippen molar-refractivity contribution in [1.29, 1.82) is 0 Å². The van der Waals surface area contributed by atoms with Crippen molar-refractivity contribution in [2.75, 3.05) is 26.4 Å². The summed E-state index contributed by atoms with van der Waals surface area (Å²) in [6, 6.07) is 0. The van der Waals surface area contributed by atoms with Gasteiger partial charge in [0.1, 0.15) is 19.8 Å². The molecule has 0 aliphatic rings. The van der Waals surface area contributed by atoms with Gasteiger partial charge in [0.05, 0.1) is 12.0 Å². The third-order valence-electron chi connectivity index (χ3n) is 11.9. The molecule has 0 spiro atoms. The van der Waals surface area contributed by atoms with Gasteiger partial charge in [-0.05, 0) is 116 Å². The van der Waals surface area contributed by atoms with E-state index in [0.717, 1.165) is 135 Å². The van der Waals surface area contributed by atoms with Crippen molar-refractivity contribution < 1.29 is 33.7 Å². The van der Waals surface area contributed by atoms with Crippen LogP contribution in [0.15, 0.2) is 72.9 Å². The topological polar surface area (TPSA) is 99.1 Å². The first kappa shape index (κ1) is 62.8. The molecule has 0 aromatic carbocycles. The molecule has 0 heterocycles. The van der Waals surface area contributed by atoms with E-state index in [0.29, 0.717) is 0 Å². The molecule has 0 saturated carbocycles. The molecule has 7 heteroatoms. The summed E-state index contributed by atoms with van der Waals surface area (Å²) in [5.74, 6) is -1.07. The number of hydrogen-bond donors (Lipinski definition) is 1. The van der Waals surface area contributed by atoms with Crippen LogP contribution in [0, 0.1) is 5.41 Å². The summed E-state index contributed by atoms with van der Waals surface area (Å²) in [6.45, 7) is 5.70. The number of carbonyl (C=O) groups excluding carboxylic acids is 3. The minimum Gasteiger partial charge on any atom is -0.465 e. The van der Waals surface area contributed by atoms with Gasteiger partial charge < -0.3 is 19.3 Å². The quantitative estimate of drug-likeness (QED) is 0.0281. The predicted molar refractivity (Wildman–Crippen MR) is 280 cm³/mol. The third kappa shape index (κ3) is 45.9. The monoisotopic (exact) mass is 923 g/mol. The molecular formula is C59H102O7. The summed E-state index contributed by atoms with van der Waals surface area (Å²) in [7, 11) is 0. The van der Waals surface area contributed by atoms with Crippen molar-refractivity contribution in [3.05, 3.63) is 72.9 Å². The Labute approximate surface area is 406 Å². The molecule has 1 N–H and O–H groups in total. The number of ether oxygens (including phenoxy) is 3. The minimum atomic E-state index is -1.21. The summed E-state index contributed by atoms with van der Waals surface area (Å²) < 4.78 is 17.0. The summed E-state index contributed by atoms with van der Waals surface area (Å²) in [5.41, 5.74) is -1.21. The van der Waals surface area contributed by atoms with E-state index in [-0.39, 0.29) is 57.0 Å². The Morgan fingerprint density at radius 2 is 0.561 bits per heavy atom. The first-order valence-corrected chi connectivity index (χ1v) is 27.4. The number of carbonyl (C=O) groups is 3. The Balaban J connectivity index is 4.69. The molecular weight excluding hydrogens is 821 g/mol. The van der Waals surface area contributed by atoms with Crippen molar-refractivity contribution in [3.63, 3.8) is 0 Å². The lowest BCUT2D eigenvalue weighted by Crippen LogP contribution is -2.42. The molecule has 0 aromatic heterocycles. The fourth-order valence-corrected chi connectivity index (χ4v) is 7.42. The van der Waals surface area contributed by atoms with E-state index < -0.39 is 12.0 Å². The second-order valence-corrected chi connectivity index (χ2v) is 18.6. The SMILES string of the molecule is CCCCC/C=C\C/C=C\CCCCCCCC(=O)OCC(CO)(COC(=O)CCCCCCC/C=C\C/C=C\CCCCC)COC(=O)CCCCCCC/C=C\C/C=C/CCCCC. The highest BCUT2D eigenvalue weighted by Crippen LogP contribution is 2.22. The smallest absolute Gasteiger partial charge is 0.305 e. The Kier molecular flexibility index (Phi) is 48.7. The Morgan fingerprint density at radius 1 is 0.333 bits per heavy atom. The van der Waals surface area contributed by atoms with Gasteiger partial charge in [0.2, 0.25) is 0 Å². The summed E-state index contributed by atoms with van der Waals surface area (Å²) in [4.78, 5) is 38.4.